The molecule has 0 bridgehead atoms. The van der Waals surface area contributed by atoms with Crippen LogP contribution in [0.4, 0.5) is 5.69 Å². The summed E-state index contributed by atoms with van der Waals surface area (Å²) in [5.74, 6) is 1.21. The van der Waals surface area contributed by atoms with Gasteiger partial charge in [-0.2, -0.15) is 0 Å². The zero-order valence-electron chi connectivity index (χ0n) is 21.1. The smallest absolute Gasteiger partial charge is 0.340 e. The normalized spacial score (nSPS) is 21.1. The van der Waals surface area contributed by atoms with Gasteiger partial charge >= 0.3 is 5.97 Å². The molecule has 2 aliphatic heterocycles. The number of anilines is 1. The predicted octanol–water partition coefficient (Wildman–Crippen LogP) is 7.32. The molecule has 1 fully saturated rings. The molecule has 1 spiro atoms. The molecule has 2 heterocycles. The average Bonchev–Trinajstić information content (AvgIpc) is 3.16. The quantitative estimate of drug-likeness (QED) is 0.370. The molecule has 35 heavy (non-hydrogen) atoms. The second kappa shape index (κ2) is 7.87. The van der Waals surface area contributed by atoms with E-state index in [1.54, 1.807) is 0 Å². The molecule has 1 aliphatic carbocycles. The van der Waals surface area contributed by atoms with Crippen LogP contribution in [0.25, 0.3) is 0 Å². The second-order valence-corrected chi connectivity index (χ2v) is 11.3. The van der Waals surface area contributed by atoms with Gasteiger partial charge in [-0.05, 0) is 54.2 Å². The fourth-order valence-corrected chi connectivity index (χ4v) is 6.03. The van der Waals surface area contributed by atoms with Crippen molar-refractivity contribution in [2.24, 2.45) is 0 Å². The molecule has 4 heteroatoms. The van der Waals surface area contributed by atoms with Crippen LogP contribution in [0.3, 0.4) is 0 Å². The van der Waals surface area contributed by atoms with E-state index in [9.17, 15) is 4.79 Å². The van der Waals surface area contributed by atoms with Gasteiger partial charge in [-0.15, -0.1) is 0 Å². The summed E-state index contributed by atoms with van der Waals surface area (Å²) in [5, 5.41) is 0. The Labute approximate surface area is 207 Å². The highest BCUT2D eigenvalue weighted by molar-refractivity contribution is 5.97. The van der Waals surface area contributed by atoms with Crippen molar-refractivity contribution < 1.29 is 14.3 Å². The van der Waals surface area contributed by atoms with Crippen molar-refractivity contribution in [2.75, 3.05) is 11.9 Å². The minimum absolute atomic E-state index is 0.0504. The van der Waals surface area contributed by atoms with E-state index < -0.39 is 5.60 Å². The number of carbonyl (C=O) groups is 1. The number of esters is 1. The van der Waals surface area contributed by atoms with Crippen LogP contribution in [0, 0.1) is 0 Å². The molecular formula is C31H33NO3. The largest absolute Gasteiger partial charge is 0.456 e. The summed E-state index contributed by atoms with van der Waals surface area (Å²) in [7, 11) is 2.19. The molecule has 3 aromatic carbocycles. The summed E-state index contributed by atoms with van der Waals surface area (Å²) in [4.78, 5) is 15.5. The Morgan fingerprint density at radius 3 is 2.40 bits per heavy atom. The van der Waals surface area contributed by atoms with Crippen LogP contribution in [-0.2, 0) is 15.8 Å². The first-order valence-electron chi connectivity index (χ1n) is 12.8. The van der Waals surface area contributed by atoms with E-state index in [0.29, 0.717) is 11.6 Å². The van der Waals surface area contributed by atoms with Gasteiger partial charge in [0.15, 0.2) is 5.60 Å². The molecule has 0 aromatic heterocycles. The maximum atomic E-state index is 13.2. The number of nitrogens with zero attached hydrogens (tertiary/aromatic N) is 1. The van der Waals surface area contributed by atoms with Gasteiger partial charge in [0, 0.05) is 41.5 Å². The number of hydrogen-bond acceptors (Lipinski definition) is 4. The summed E-state index contributed by atoms with van der Waals surface area (Å²) >= 11 is 0. The van der Waals surface area contributed by atoms with Crippen LogP contribution in [0.2, 0.25) is 0 Å². The molecule has 3 aliphatic rings. The lowest BCUT2D eigenvalue weighted by Gasteiger charge is -2.39. The van der Waals surface area contributed by atoms with Crippen LogP contribution < -0.4 is 9.64 Å². The van der Waals surface area contributed by atoms with Crippen LogP contribution >= 0.6 is 0 Å². The second-order valence-electron chi connectivity index (χ2n) is 11.3. The van der Waals surface area contributed by atoms with Crippen molar-refractivity contribution >= 4 is 11.7 Å². The molecular weight excluding hydrogens is 434 g/mol. The molecule has 0 saturated heterocycles. The number of ether oxygens (including phenoxy) is 2. The van der Waals surface area contributed by atoms with Gasteiger partial charge < -0.3 is 14.4 Å². The Balaban J connectivity index is 1.54. The van der Waals surface area contributed by atoms with Crippen molar-refractivity contribution in [1.29, 1.82) is 0 Å². The van der Waals surface area contributed by atoms with Gasteiger partial charge in [0.05, 0.1) is 5.56 Å². The fourth-order valence-electron chi connectivity index (χ4n) is 6.03. The highest BCUT2D eigenvalue weighted by atomic mass is 16.6. The summed E-state index contributed by atoms with van der Waals surface area (Å²) in [5.41, 5.74) is 4.53. The van der Waals surface area contributed by atoms with Crippen molar-refractivity contribution in [1.82, 2.24) is 0 Å². The Morgan fingerprint density at radius 2 is 1.63 bits per heavy atom. The van der Waals surface area contributed by atoms with Crippen molar-refractivity contribution in [2.45, 2.75) is 69.9 Å². The highest BCUT2D eigenvalue weighted by Gasteiger charge is 2.53. The topological polar surface area (TPSA) is 38.8 Å². The maximum absolute atomic E-state index is 13.2. The molecule has 0 N–H and O–H groups in total. The molecule has 180 valence electrons. The third kappa shape index (κ3) is 3.37. The lowest BCUT2D eigenvalue weighted by atomic mass is 9.75. The van der Waals surface area contributed by atoms with E-state index in [1.165, 1.54) is 37.7 Å². The van der Waals surface area contributed by atoms with E-state index in [0.717, 1.165) is 33.9 Å². The van der Waals surface area contributed by atoms with Crippen LogP contribution in [0.15, 0.2) is 60.7 Å². The number of fused-ring (bicyclic) bond motifs is 6. The fraction of sp³-hybridized carbons (Fsp3) is 0.387. The third-order valence-electron chi connectivity index (χ3n) is 8.09. The van der Waals surface area contributed by atoms with Crippen molar-refractivity contribution in [3.05, 3.63) is 88.5 Å². The van der Waals surface area contributed by atoms with Crippen molar-refractivity contribution in [3.63, 3.8) is 0 Å². The van der Waals surface area contributed by atoms with Gasteiger partial charge in [-0.25, -0.2) is 4.79 Å². The van der Waals surface area contributed by atoms with Crippen LogP contribution in [-0.4, -0.2) is 19.1 Å². The van der Waals surface area contributed by atoms with E-state index in [4.69, 9.17) is 9.47 Å². The zero-order valence-corrected chi connectivity index (χ0v) is 21.1. The molecule has 6 rings (SSSR count). The Bertz CT molecular complexity index is 1320. The van der Waals surface area contributed by atoms with E-state index in [-0.39, 0.29) is 11.4 Å². The number of rotatable bonds is 2. The molecule has 1 saturated carbocycles. The summed E-state index contributed by atoms with van der Waals surface area (Å²) < 4.78 is 12.9. The lowest BCUT2D eigenvalue weighted by Crippen LogP contribution is -2.35. The first-order chi connectivity index (χ1) is 16.8. The molecule has 1 unspecified atom stereocenters. The molecule has 4 nitrogen and oxygen atoms in total. The maximum Gasteiger partial charge on any atom is 0.340 e. The van der Waals surface area contributed by atoms with Gasteiger partial charge in [0.1, 0.15) is 11.5 Å². The monoisotopic (exact) mass is 467 g/mol. The molecule has 0 radical (unpaired) electrons. The number of benzene rings is 3. The molecule has 3 aromatic rings. The van der Waals surface area contributed by atoms with Gasteiger partial charge in [-0.3, -0.25) is 0 Å². The lowest BCUT2D eigenvalue weighted by molar-refractivity contribution is 0.0224. The number of carbonyl (C=O) groups excluding carboxylic acids is 1. The predicted molar refractivity (Wildman–Crippen MR) is 139 cm³/mol. The van der Waals surface area contributed by atoms with Gasteiger partial charge in [0.2, 0.25) is 0 Å². The standard InChI is InChI=1S/C31H33NO3/c1-30(2,3)20-14-17-27-26(18-20)31(24-13-9-8-12-23(24)29(33)35-31)25-16-15-22(19-28(25)34-27)32(4)21-10-6-5-7-11-21/h8-9,12-19,21H,5-7,10-11H2,1-4H3. The Morgan fingerprint density at radius 1 is 0.857 bits per heavy atom. The van der Waals surface area contributed by atoms with Crippen LogP contribution in [0.5, 0.6) is 11.5 Å². The average molecular weight is 468 g/mol. The Hall–Kier alpha value is -3.27. The highest BCUT2D eigenvalue weighted by Crippen LogP contribution is 2.57. The van der Waals surface area contributed by atoms with E-state index >= 15 is 0 Å². The minimum Gasteiger partial charge on any atom is -0.456 e. The summed E-state index contributed by atoms with van der Waals surface area (Å²) in [6.07, 6.45) is 6.35. The minimum atomic E-state index is -1.01. The van der Waals surface area contributed by atoms with Crippen molar-refractivity contribution in [3.8, 4) is 11.5 Å². The van der Waals surface area contributed by atoms with Gasteiger partial charge in [-0.1, -0.05) is 64.3 Å². The summed E-state index contributed by atoms with van der Waals surface area (Å²) in [6, 6.07) is 21.0. The summed E-state index contributed by atoms with van der Waals surface area (Å²) in [6.45, 7) is 6.59. The molecule has 0 amide bonds. The zero-order chi connectivity index (χ0) is 24.4. The van der Waals surface area contributed by atoms with E-state index in [1.807, 2.05) is 30.3 Å². The van der Waals surface area contributed by atoms with E-state index in [2.05, 4.69) is 63.1 Å². The Kier molecular flexibility index (Phi) is 5.00. The first kappa shape index (κ1) is 22.2. The van der Waals surface area contributed by atoms with Crippen LogP contribution in [0.1, 0.15) is 85.5 Å². The van der Waals surface area contributed by atoms with Gasteiger partial charge in [0.25, 0.3) is 0 Å². The SMILES string of the molecule is CN(c1ccc2c(c1)Oc1ccc(C(C)(C)C)cc1C21OC(=O)c2ccccc21)C1CCCCC1. The molecule has 1 atom stereocenters. The third-order valence-corrected chi connectivity index (χ3v) is 8.09. The number of hydrogen-bond donors (Lipinski definition) is 0. The first-order valence-corrected chi connectivity index (χ1v) is 12.8.